The van der Waals surface area contributed by atoms with Crippen LogP contribution in [0.15, 0.2) is 71.6 Å². The topological polar surface area (TPSA) is 90.3 Å². The molecule has 1 heterocycles. The quantitative estimate of drug-likeness (QED) is 0.408. The fourth-order valence-corrected chi connectivity index (χ4v) is 6.85. The minimum Gasteiger partial charge on any atom is -0.487 e. The van der Waals surface area contributed by atoms with E-state index in [9.17, 15) is 18.6 Å². The molecule has 0 spiro atoms. The molecule has 2 N–H and O–H groups in total. The molecule has 4 atom stereocenters. The van der Waals surface area contributed by atoms with Gasteiger partial charge in [0.2, 0.25) is 10.0 Å². The van der Waals surface area contributed by atoms with Crippen molar-refractivity contribution in [3.05, 3.63) is 83.4 Å². The van der Waals surface area contributed by atoms with Gasteiger partial charge >= 0.3 is 0 Å². The second-order valence-corrected chi connectivity index (χ2v) is 13.0. The van der Waals surface area contributed by atoms with Crippen molar-refractivity contribution >= 4 is 10.0 Å². The van der Waals surface area contributed by atoms with Gasteiger partial charge in [-0.05, 0) is 62.7 Å². The zero-order valence-corrected chi connectivity index (χ0v) is 25.2. The van der Waals surface area contributed by atoms with Crippen molar-refractivity contribution in [1.82, 2.24) is 9.21 Å². The molecule has 218 valence electrons. The first kappa shape index (κ1) is 30.8. The molecule has 0 saturated carbocycles. The maximum atomic E-state index is 13.7. The third kappa shape index (κ3) is 7.56. The van der Waals surface area contributed by atoms with Gasteiger partial charge in [0.05, 0.1) is 6.61 Å². The third-order valence-corrected chi connectivity index (χ3v) is 9.36. The first-order chi connectivity index (χ1) is 19.5. The van der Waals surface area contributed by atoms with Crippen LogP contribution in [0.2, 0.25) is 0 Å². The monoisotopic (exact) mass is 576 g/mol. The Kier molecular flexibility index (Phi) is 9.90. The van der Waals surface area contributed by atoms with Crippen LogP contribution in [0.5, 0.6) is 5.75 Å². The Morgan fingerprint density at radius 1 is 1.07 bits per heavy atom. The minimum absolute atomic E-state index is 0.0479. The third-order valence-electron chi connectivity index (χ3n) is 7.34. The second-order valence-electron chi connectivity index (χ2n) is 11.1. The zero-order chi connectivity index (χ0) is 29.7. The van der Waals surface area contributed by atoms with Gasteiger partial charge in [-0.2, -0.15) is 4.31 Å². The fourth-order valence-electron chi connectivity index (χ4n) is 5.02. The summed E-state index contributed by atoms with van der Waals surface area (Å²) in [5.41, 5.74) is 5.30. The fraction of sp³-hybridized carbons (Fsp3) is 0.394. The highest BCUT2D eigenvalue weighted by Gasteiger charge is 2.38. The molecule has 4 rings (SSSR count). The number of sulfonamides is 1. The summed E-state index contributed by atoms with van der Waals surface area (Å²) in [7, 11) is -1.90. The van der Waals surface area contributed by atoms with Crippen molar-refractivity contribution in [2.45, 2.75) is 57.4 Å². The summed E-state index contributed by atoms with van der Waals surface area (Å²) in [6.45, 7) is 8.53. The van der Waals surface area contributed by atoms with E-state index in [0.717, 1.165) is 5.56 Å². The van der Waals surface area contributed by atoms with Crippen molar-refractivity contribution in [1.29, 1.82) is 0 Å². The van der Waals surface area contributed by atoms with E-state index >= 15 is 0 Å². The normalized spacial score (nSPS) is 20.1. The molecular weight excluding hydrogens is 536 g/mol. The maximum Gasteiger partial charge on any atom is 0.247 e. The van der Waals surface area contributed by atoms with E-state index in [-0.39, 0.29) is 35.8 Å². The number of nitrogens with zero attached hydrogens (tertiary/aromatic N) is 2. The molecule has 0 aliphatic carbocycles. The number of likely N-dealkylation sites (N-methyl/N-ethyl adjacent to an activating group) is 1. The van der Waals surface area contributed by atoms with Crippen LogP contribution in [0.1, 0.15) is 37.5 Å². The summed E-state index contributed by atoms with van der Waals surface area (Å²) < 4.78 is 35.2. The van der Waals surface area contributed by atoms with Crippen LogP contribution in [-0.4, -0.2) is 72.8 Å². The molecule has 0 aromatic heterocycles. The van der Waals surface area contributed by atoms with Gasteiger partial charge in [0, 0.05) is 37.2 Å². The van der Waals surface area contributed by atoms with Crippen LogP contribution in [0.4, 0.5) is 0 Å². The Labute approximate surface area is 244 Å². The summed E-state index contributed by atoms with van der Waals surface area (Å²) in [5, 5.41) is 19.5. The lowest BCUT2D eigenvalue weighted by molar-refractivity contribution is 0.0733. The van der Waals surface area contributed by atoms with Crippen molar-refractivity contribution in [3.8, 4) is 28.7 Å². The van der Waals surface area contributed by atoms with E-state index in [1.807, 2.05) is 14.0 Å². The minimum atomic E-state index is -3.93. The highest BCUT2D eigenvalue weighted by Crippen LogP contribution is 2.34. The Hall–Kier alpha value is -3.19. The van der Waals surface area contributed by atoms with Crippen LogP contribution in [0.25, 0.3) is 11.1 Å². The van der Waals surface area contributed by atoms with Gasteiger partial charge < -0.3 is 14.9 Å². The second kappa shape index (κ2) is 13.2. The SMILES string of the molecule is Cc1cccc(-c2ccc(CN(C)C[C@@H]3Oc4cc(C#C[C@@H](C)O)ccc4S(=O)(=O)N([C@@H](C)CO)C[C@@H]3C)cc2)c1. The van der Waals surface area contributed by atoms with E-state index in [1.165, 1.54) is 27.1 Å². The van der Waals surface area contributed by atoms with Crippen LogP contribution in [-0.2, 0) is 16.6 Å². The van der Waals surface area contributed by atoms with Gasteiger partial charge in [0.25, 0.3) is 0 Å². The summed E-state index contributed by atoms with van der Waals surface area (Å²) in [5.74, 6) is 5.65. The Morgan fingerprint density at radius 2 is 1.80 bits per heavy atom. The number of ether oxygens (including phenoxy) is 1. The lowest BCUT2D eigenvalue weighted by Crippen LogP contribution is -2.49. The maximum absolute atomic E-state index is 13.7. The summed E-state index contributed by atoms with van der Waals surface area (Å²) in [4.78, 5) is 2.22. The molecule has 0 radical (unpaired) electrons. The number of aryl methyl sites for hydroxylation is 1. The zero-order valence-electron chi connectivity index (χ0n) is 24.4. The Morgan fingerprint density at radius 3 is 2.46 bits per heavy atom. The first-order valence-corrected chi connectivity index (χ1v) is 15.4. The number of rotatable bonds is 7. The molecule has 0 bridgehead atoms. The van der Waals surface area contributed by atoms with Crippen LogP contribution >= 0.6 is 0 Å². The number of benzene rings is 3. The molecule has 0 saturated heterocycles. The molecule has 0 unspecified atom stereocenters. The van der Waals surface area contributed by atoms with Crippen LogP contribution in [0, 0.1) is 24.7 Å². The largest absolute Gasteiger partial charge is 0.487 e. The molecule has 1 aliphatic rings. The predicted octanol–water partition coefficient (Wildman–Crippen LogP) is 4.29. The van der Waals surface area contributed by atoms with Crippen LogP contribution < -0.4 is 4.74 Å². The summed E-state index contributed by atoms with van der Waals surface area (Å²) in [6, 6.07) is 21.1. The molecule has 0 fully saturated rings. The molecular formula is C33H40N2O5S. The van der Waals surface area contributed by atoms with Gasteiger partial charge in [0.15, 0.2) is 0 Å². The summed E-state index contributed by atoms with van der Waals surface area (Å²) >= 11 is 0. The molecule has 8 heteroatoms. The standard InChI is InChI=1S/C33H40N2O5S/c1-23-7-6-8-30(17-23)29-14-11-28(12-15-29)20-34(5)21-32-24(2)19-35(25(3)22-36)41(38,39)33-16-13-27(10-9-26(4)37)18-31(33)40-32/h6-8,11-18,24-26,32,36-37H,19-22H2,1-5H3/t24-,25-,26+,32-/m0/s1. The number of aliphatic hydroxyl groups is 2. The Balaban J connectivity index is 1.59. The van der Waals surface area contributed by atoms with Gasteiger partial charge in [0.1, 0.15) is 22.9 Å². The van der Waals surface area contributed by atoms with Gasteiger partial charge in [-0.1, -0.05) is 72.9 Å². The lowest BCUT2D eigenvalue weighted by atomic mass is 10.0. The average molecular weight is 577 g/mol. The Bertz CT molecular complexity index is 1510. The van der Waals surface area contributed by atoms with Crippen molar-refractivity contribution < 1.29 is 23.4 Å². The number of aliphatic hydroxyl groups excluding tert-OH is 2. The van der Waals surface area contributed by atoms with E-state index in [0.29, 0.717) is 18.7 Å². The molecule has 41 heavy (non-hydrogen) atoms. The number of hydrogen-bond donors (Lipinski definition) is 2. The first-order valence-electron chi connectivity index (χ1n) is 14.0. The van der Waals surface area contributed by atoms with E-state index in [2.05, 4.69) is 72.2 Å². The van der Waals surface area contributed by atoms with E-state index < -0.39 is 22.2 Å². The molecule has 1 aliphatic heterocycles. The van der Waals surface area contributed by atoms with E-state index in [4.69, 9.17) is 4.74 Å². The highest BCUT2D eigenvalue weighted by atomic mass is 32.2. The van der Waals surface area contributed by atoms with Gasteiger partial charge in [-0.15, -0.1) is 0 Å². The number of hydrogen-bond acceptors (Lipinski definition) is 6. The van der Waals surface area contributed by atoms with Gasteiger partial charge in [-0.25, -0.2) is 8.42 Å². The smallest absolute Gasteiger partial charge is 0.247 e. The van der Waals surface area contributed by atoms with Crippen molar-refractivity contribution in [2.24, 2.45) is 5.92 Å². The average Bonchev–Trinajstić information content (AvgIpc) is 2.93. The highest BCUT2D eigenvalue weighted by molar-refractivity contribution is 7.89. The molecule has 0 amide bonds. The molecule has 7 nitrogen and oxygen atoms in total. The van der Waals surface area contributed by atoms with Gasteiger partial charge in [-0.3, -0.25) is 4.90 Å². The van der Waals surface area contributed by atoms with Crippen LogP contribution in [0.3, 0.4) is 0 Å². The number of fused-ring (bicyclic) bond motifs is 1. The van der Waals surface area contributed by atoms with Crippen molar-refractivity contribution in [2.75, 3.05) is 26.7 Å². The molecule has 3 aromatic carbocycles. The summed E-state index contributed by atoms with van der Waals surface area (Å²) in [6.07, 6.45) is -1.14. The molecule has 3 aromatic rings. The lowest BCUT2D eigenvalue weighted by Gasteiger charge is -2.37. The van der Waals surface area contributed by atoms with Crippen molar-refractivity contribution in [3.63, 3.8) is 0 Å². The predicted molar refractivity (Wildman–Crippen MR) is 162 cm³/mol. The van der Waals surface area contributed by atoms with E-state index in [1.54, 1.807) is 26.0 Å².